The zero-order valence-electron chi connectivity index (χ0n) is 51.1. The maximum Gasteiger partial charge on any atom is 0.303 e. The summed E-state index contributed by atoms with van der Waals surface area (Å²) in [5.41, 5.74) is 11.5. The van der Waals surface area contributed by atoms with E-state index < -0.39 is 158 Å². The lowest BCUT2D eigenvalue weighted by atomic mass is 9.91. The highest BCUT2D eigenvalue weighted by Gasteiger charge is 2.49. The van der Waals surface area contributed by atoms with Crippen molar-refractivity contribution in [1.82, 2.24) is 41.7 Å². The third kappa shape index (κ3) is 25.8. The number of aliphatic hydroxyl groups is 7. The fourth-order valence-corrected chi connectivity index (χ4v) is 10.2. The van der Waals surface area contributed by atoms with E-state index in [-0.39, 0.29) is 69.6 Å². The van der Waals surface area contributed by atoms with Crippen LogP contribution in [0.4, 0.5) is 0 Å². The number of fused-ring (bicyclic) bond motifs is 2. The molecule has 0 saturated carbocycles. The van der Waals surface area contributed by atoms with Crippen molar-refractivity contribution in [3.05, 3.63) is 29.8 Å². The van der Waals surface area contributed by atoms with Crippen LogP contribution in [-0.4, -0.2) is 226 Å². The summed E-state index contributed by atoms with van der Waals surface area (Å²) < 4.78 is 0. The zero-order chi connectivity index (χ0) is 65.7. The van der Waals surface area contributed by atoms with Crippen molar-refractivity contribution in [3.8, 4) is 5.75 Å². The lowest BCUT2D eigenvalue weighted by molar-refractivity contribution is -0.148. The number of amides is 7. The van der Waals surface area contributed by atoms with Crippen LogP contribution in [-0.2, 0) is 43.2 Å². The number of aliphatic carboxylic acids is 2. The second-order valence-electron chi connectivity index (χ2n) is 22.8. The van der Waals surface area contributed by atoms with Gasteiger partial charge in [-0.05, 0) is 68.7 Å². The van der Waals surface area contributed by atoms with Gasteiger partial charge in [0, 0.05) is 58.3 Å². The average molecular weight is 1240 g/mol. The number of nitrogens with one attached hydrogen (secondary N) is 6. The first-order chi connectivity index (χ1) is 41.1. The number of rotatable bonds is 25. The first-order valence-corrected chi connectivity index (χ1v) is 30.3. The average Bonchev–Trinajstić information content (AvgIpc) is 2.21. The fraction of sp³-hybridized carbons (Fsp3) is 0.741. The number of nitrogens with zero attached hydrogens (tertiary/aromatic N) is 2. The van der Waals surface area contributed by atoms with Gasteiger partial charge in [-0.3, -0.25) is 48.5 Å². The van der Waals surface area contributed by atoms with E-state index >= 15 is 0 Å². The highest BCUT2D eigenvalue weighted by molar-refractivity contribution is 5.98. The Kier molecular flexibility index (Phi) is 35.1. The fourth-order valence-electron chi connectivity index (χ4n) is 10.2. The number of benzene rings is 1. The van der Waals surface area contributed by atoms with Gasteiger partial charge in [0.15, 0.2) is 0 Å². The number of phenolic OH excluding ortho intramolecular Hbond substituents is 1. The maximum absolute atomic E-state index is 14.6. The zero-order valence-corrected chi connectivity index (χ0v) is 51.1. The second-order valence-corrected chi connectivity index (χ2v) is 22.8. The van der Waals surface area contributed by atoms with Crippen molar-refractivity contribution in [2.45, 2.75) is 229 Å². The van der Waals surface area contributed by atoms with Crippen LogP contribution in [0.25, 0.3) is 0 Å². The molecule has 3 aliphatic rings. The van der Waals surface area contributed by atoms with Crippen molar-refractivity contribution < 1.29 is 94.2 Å². The van der Waals surface area contributed by atoms with Crippen LogP contribution >= 0.6 is 0 Å². The molecule has 29 nitrogen and oxygen atoms in total. The molecule has 7 amide bonds. The van der Waals surface area contributed by atoms with Crippen LogP contribution in [0.3, 0.4) is 0 Å². The Labute approximate surface area is 508 Å². The highest BCUT2D eigenvalue weighted by Crippen LogP contribution is 2.27. The number of hydrogen-bond donors (Lipinski definition) is 18. The molecule has 496 valence electrons. The molecule has 3 heterocycles. The monoisotopic (exact) mass is 1240 g/mol. The van der Waals surface area contributed by atoms with Gasteiger partial charge in [-0.1, -0.05) is 91.7 Å². The summed E-state index contributed by atoms with van der Waals surface area (Å²) in [6.07, 6.45) is -6.50. The lowest BCUT2D eigenvalue weighted by Gasteiger charge is -2.35. The Bertz CT molecular complexity index is 2310. The number of carboxylic acid groups (broad SMARTS) is 2. The van der Waals surface area contributed by atoms with Crippen LogP contribution < -0.4 is 43.4 Å². The Morgan fingerprint density at radius 1 is 0.667 bits per heavy atom. The molecule has 16 atom stereocenters. The van der Waals surface area contributed by atoms with Crippen molar-refractivity contribution in [2.75, 3.05) is 32.7 Å². The SMILES string of the molecule is CCC(=O)O.CCC(=O)O.CCC(C)CC(C)CCCCCCCCC(=O)N[C@H]1C[C@@H](O)[C@H](NCCN)NC(=O)[C@@H]2[C@@H](O)CCN2C(=O)[C@H]([C@@H](O)CCN)NC(=O)[C@H]([C@H](O)[C@@H](O)c2ccc(O)cc2)NC(=O)[C@@H]2C[C@@H](O)CN2C(=O)[C@H]([C@@H](C)O)NC1=O. The molecule has 20 N–H and O–H groups in total. The minimum Gasteiger partial charge on any atom is -0.508 e. The smallest absolute Gasteiger partial charge is 0.303 e. The summed E-state index contributed by atoms with van der Waals surface area (Å²) in [5.74, 6) is -7.92. The van der Waals surface area contributed by atoms with Crippen LogP contribution in [0.5, 0.6) is 5.75 Å². The number of unbranched alkanes of at least 4 members (excludes halogenated alkanes) is 5. The maximum atomic E-state index is 14.6. The van der Waals surface area contributed by atoms with E-state index in [0.29, 0.717) is 24.7 Å². The molecule has 4 rings (SSSR count). The molecular weight excluding hydrogens is 1140 g/mol. The predicted octanol–water partition coefficient (Wildman–Crippen LogP) is -2.35. The molecule has 0 spiro atoms. The van der Waals surface area contributed by atoms with E-state index in [4.69, 9.17) is 21.7 Å². The minimum atomic E-state index is -2.28. The van der Waals surface area contributed by atoms with Crippen molar-refractivity contribution in [2.24, 2.45) is 23.3 Å². The molecule has 87 heavy (non-hydrogen) atoms. The number of phenols is 1. The molecule has 1 aromatic carbocycles. The molecule has 1 aromatic rings. The van der Waals surface area contributed by atoms with Gasteiger partial charge in [-0.15, -0.1) is 0 Å². The summed E-state index contributed by atoms with van der Waals surface area (Å²) >= 11 is 0. The van der Waals surface area contributed by atoms with Gasteiger partial charge in [0.05, 0.1) is 30.5 Å². The summed E-state index contributed by atoms with van der Waals surface area (Å²) in [5, 5.41) is 120. The van der Waals surface area contributed by atoms with Gasteiger partial charge >= 0.3 is 11.9 Å². The number of aliphatic hydroxyl groups excluding tert-OH is 7. The van der Waals surface area contributed by atoms with Crippen LogP contribution in [0, 0.1) is 11.8 Å². The van der Waals surface area contributed by atoms with E-state index in [1.54, 1.807) is 13.8 Å². The number of carbonyl (C=O) groups is 9. The van der Waals surface area contributed by atoms with E-state index in [0.717, 1.165) is 55.2 Å². The molecule has 0 bridgehead atoms. The molecule has 0 aliphatic carbocycles. The number of carbonyl (C=O) groups excluding carboxylic acids is 7. The van der Waals surface area contributed by atoms with E-state index in [1.807, 2.05) is 0 Å². The van der Waals surface area contributed by atoms with Crippen molar-refractivity contribution >= 4 is 53.3 Å². The van der Waals surface area contributed by atoms with Gasteiger partial charge in [-0.25, -0.2) is 0 Å². The first kappa shape index (κ1) is 76.9. The summed E-state index contributed by atoms with van der Waals surface area (Å²) in [7, 11) is 0. The third-order valence-corrected chi connectivity index (χ3v) is 15.5. The molecule has 2 unspecified atom stereocenters. The minimum absolute atomic E-state index is 0.0257. The molecule has 3 saturated heterocycles. The van der Waals surface area contributed by atoms with Crippen LogP contribution in [0.2, 0.25) is 0 Å². The van der Waals surface area contributed by atoms with E-state index in [2.05, 4.69) is 52.7 Å². The molecular formula is C58H100N10O19. The molecule has 0 radical (unpaired) electrons. The number of hydrogen-bond acceptors (Lipinski definition) is 20. The highest BCUT2D eigenvalue weighted by atomic mass is 16.4. The number of nitrogens with two attached hydrogens (primary N) is 2. The van der Waals surface area contributed by atoms with Gasteiger partial charge in [0.2, 0.25) is 41.4 Å². The standard InChI is InChI=1S/C52H88N10O15.2C3H6O2/c1-5-28(2)24-29(3)12-10-8-6-7-9-11-13-39(69)56-34-26-38(68)46(55-22-21-54)60-50(75)43-37(67)19-23-61(43)52(77)41(36(66)18-20-53)58-49(74)42(45(71)44(70)31-14-16-32(64)17-15-31)59-48(73)35-25-33(65)27-62(35)51(76)40(30(4)63)57-47(34)72;2*1-2-3(4)5/h14-17,28-30,33-38,40-46,55,63-68,70-71H,5-13,18-27,53-54H2,1-4H3,(H,56,69)(H,57,72)(H,58,74)(H,59,73)(H,60,75);2*2H2,1H3,(H,4,5)/t28?,29?,30-,33-,34+,35+,36+,37+,38-,40+,41+,42+,43+,44+,45+,46-;;/m1../s1. The molecule has 29 heteroatoms. The summed E-state index contributed by atoms with van der Waals surface area (Å²) in [6.45, 7) is 9.93. The van der Waals surface area contributed by atoms with Crippen LogP contribution in [0.1, 0.15) is 156 Å². The Morgan fingerprint density at radius 2 is 1.23 bits per heavy atom. The first-order valence-electron chi connectivity index (χ1n) is 30.3. The third-order valence-electron chi connectivity index (χ3n) is 15.5. The van der Waals surface area contributed by atoms with E-state index in [1.165, 1.54) is 30.7 Å². The molecule has 3 aliphatic heterocycles. The normalized spacial score (nSPS) is 26.2. The van der Waals surface area contributed by atoms with Gasteiger partial charge < -0.3 is 98.9 Å². The Morgan fingerprint density at radius 3 is 1.79 bits per heavy atom. The van der Waals surface area contributed by atoms with Gasteiger partial charge in [-0.2, -0.15) is 0 Å². The largest absolute Gasteiger partial charge is 0.508 e. The number of carboxylic acids is 2. The van der Waals surface area contributed by atoms with Crippen molar-refractivity contribution in [3.63, 3.8) is 0 Å². The molecule has 0 aromatic heterocycles. The Hall–Kier alpha value is -6.15. The quantitative estimate of drug-likeness (QED) is 0.0456. The van der Waals surface area contributed by atoms with Crippen molar-refractivity contribution in [1.29, 1.82) is 0 Å². The summed E-state index contributed by atoms with van der Waals surface area (Å²) in [4.78, 5) is 121. The van der Waals surface area contributed by atoms with E-state index in [9.17, 15) is 84.0 Å². The molecule has 3 fully saturated rings. The number of aromatic hydroxyl groups is 1. The van der Waals surface area contributed by atoms with Gasteiger partial charge in [0.1, 0.15) is 60.4 Å². The summed E-state index contributed by atoms with van der Waals surface area (Å²) in [6, 6.07) is -6.40. The van der Waals surface area contributed by atoms with Crippen LogP contribution in [0.15, 0.2) is 24.3 Å². The topological polar surface area (TPSA) is 487 Å². The predicted molar refractivity (Wildman–Crippen MR) is 316 cm³/mol. The van der Waals surface area contributed by atoms with Gasteiger partial charge in [0.25, 0.3) is 0 Å². The lowest BCUT2D eigenvalue weighted by Crippen LogP contribution is -2.65. The Balaban J connectivity index is 0.00000238. The second kappa shape index (κ2) is 39.7.